The van der Waals surface area contributed by atoms with Crippen molar-refractivity contribution in [3.63, 3.8) is 0 Å². The first kappa shape index (κ1) is 15.7. The molecule has 1 atom stereocenters. The Morgan fingerprint density at radius 2 is 1.90 bits per heavy atom. The maximum atomic E-state index is 11.9. The molecule has 3 nitrogen and oxygen atoms in total. The van der Waals surface area contributed by atoms with Gasteiger partial charge in [0.1, 0.15) is 5.75 Å². The SMILES string of the molecule is C[C@H](NC(=O)COc1ccccc1)c1ccc(Cl)cc1Cl. The van der Waals surface area contributed by atoms with Gasteiger partial charge in [0.25, 0.3) is 5.91 Å². The first-order valence-electron chi connectivity index (χ1n) is 6.48. The van der Waals surface area contributed by atoms with Gasteiger partial charge in [-0.3, -0.25) is 4.79 Å². The van der Waals surface area contributed by atoms with E-state index in [1.165, 1.54) is 0 Å². The average Bonchev–Trinajstić information content (AvgIpc) is 2.46. The first-order valence-corrected chi connectivity index (χ1v) is 7.24. The molecule has 0 radical (unpaired) electrons. The van der Waals surface area contributed by atoms with E-state index >= 15 is 0 Å². The smallest absolute Gasteiger partial charge is 0.258 e. The van der Waals surface area contributed by atoms with Crippen molar-refractivity contribution in [2.24, 2.45) is 0 Å². The number of hydrogen-bond acceptors (Lipinski definition) is 2. The van der Waals surface area contributed by atoms with Gasteiger partial charge in [0, 0.05) is 10.0 Å². The van der Waals surface area contributed by atoms with E-state index < -0.39 is 0 Å². The van der Waals surface area contributed by atoms with E-state index in [-0.39, 0.29) is 18.6 Å². The van der Waals surface area contributed by atoms with Crippen molar-refractivity contribution < 1.29 is 9.53 Å². The number of rotatable bonds is 5. The Balaban J connectivity index is 1.90. The molecule has 21 heavy (non-hydrogen) atoms. The molecule has 0 saturated heterocycles. The van der Waals surface area contributed by atoms with E-state index in [2.05, 4.69) is 5.32 Å². The third kappa shape index (κ3) is 4.66. The number of hydrogen-bond donors (Lipinski definition) is 1. The fourth-order valence-electron chi connectivity index (χ4n) is 1.88. The van der Waals surface area contributed by atoms with E-state index in [0.29, 0.717) is 15.8 Å². The zero-order valence-electron chi connectivity index (χ0n) is 11.5. The lowest BCUT2D eigenvalue weighted by atomic mass is 10.1. The van der Waals surface area contributed by atoms with Crippen LogP contribution in [0.5, 0.6) is 5.75 Å². The Morgan fingerprint density at radius 1 is 1.19 bits per heavy atom. The molecule has 110 valence electrons. The lowest BCUT2D eigenvalue weighted by Gasteiger charge is -2.16. The predicted octanol–water partition coefficient (Wildman–Crippen LogP) is 4.25. The van der Waals surface area contributed by atoms with Crippen LogP contribution >= 0.6 is 23.2 Å². The number of nitrogens with one attached hydrogen (secondary N) is 1. The van der Waals surface area contributed by atoms with E-state index in [1.807, 2.05) is 25.1 Å². The van der Waals surface area contributed by atoms with Gasteiger partial charge in [-0.1, -0.05) is 47.5 Å². The monoisotopic (exact) mass is 323 g/mol. The van der Waals surface area contributed by atoms with Gasteiger partial charge in [0.2, 0.25) is 0 Å². The van der Waals surface area contributed by atoms with Crippen molar-refractivity contribution in [1.29, 1.82) is 0 Å². The molecule has 1 N–H and O–H groups in total. The maximum absolute atomic E-state index is 11.9. The van der Waals surface area contributed by atoms with Crippen molar-refractivity contribution in [3.05, 3.63) is 64.1 Å². The topological polar surface area (TPSA) is 38.3 Å². The molecule has 0 unspecified atom stereocenters. The molecular weight excluding hydrogens is 309 g/mol. The first-order chi connectivity index (χ1) is 10.1. The minimum Gasteiger partial charge on any atom is -0.484 e. The zero-order valence-corrected chi connectivity index (χ0v) is 13.0. The second kappa shape index (κ2) is 7.34. The molecule has 0 saturated carbocycles. The largest absolute Gasteiger partial charge is 0.484 e. The molecule has 0 aromatic heterocycles. The summed E-state index contributed by atoms with van der Waals surface area (Å²) in [6.07, 6.45) is 0. The van der Waals surface area contributed by atoms with Crippen LogP contribution in [0.25, 0.3) is 0 Å². The fourth-order valence-corrected chi connectivity index (χ4v) is 2.45. The fraction of sp³-hybridized carbons (Fsp3) is 0.188. The van der Waals surface area contributed by atoms with Gasteiger partial charge in [0.05, 0.1) is 6.04 Å². The predicted molar refractivity (Wildman–Crippen MR) is 85.0 cm³/mol. The van der Waals surface area contributed by atoms with Crippen LogP contribution in [-0.4, -0.2) is 12.5 Å². The van der Waals surface area contributed by atoms with Gasteiger partial charge in [-0.05, 0) is 36.8 Å². The normalized spacial score (nSPS) is 11.8. The van der Waals surface area contributed by atoms with Crippen LogP contribution in [0.3, 0.4) is 0 Å². The van der Waals surface area contributed by atoms with Crippen molar-refractivity contribution in [1.82, 2.24) is 5.32 Å². The summed E-state index contributed by atoms with van der Waals surface area (Å²) in [5.74, 6) is 0.446. The molecule has 0 heterocycles. The minimum atomic E-state index is -0.221. The highest BCUT2D eigenvalue weighted by molar-refractivity contribution is 6.35. The highest BCUT2D eigenvalue weighted by atomic mass is 35.5. The number of amides is 1. The molecule has 0 spiro atoms. The molecule has 0 bridgehead atoms. The number of ether oxygens (including phenoxy) is 1. The zero-order chi connectivity index (χ0) is 15.2. The highest BCUT2D eigenvalue weighted by Gasteiger charge is 2.13. The van der Waals surface area contributed by atoms with Gasteiger partial charge in [0.15, 0.2) is 6.61 Å². The Hall–Kier alpha value is -1.71. The van der Waals surface area contributed by atoms with Crippen LogP contribution < -0.4 is 10.1 Å². The molecule has 0 aliphatic heterocycles. The van der Waals surface area contributed by atoms with Gasteiger partial charge in [-0.25, -0.2) is 0 Å². The molecule has 2 rings (SSSR count). The number of carbonyl (C=O) groups is 1. The number of benzene rings is 2. The Labute approximate surface area is 133 Å². The average molecular weight is 324 g/mol. The Morgan fingerprint density at radius 3 is 2.57 bits per heavy atom. The van der Waals surface area contributed by atoms with Crippen LogP contribution in [0, 0.1) is 0 Å². The molecule has 0 fully saturated rings. The third-order valence-electron chi connectivity index (χ3n) is 2.92. The highest BCUT2D eigenvalue weighted by Crippen LogP contribution is 2.26. The van der Waals surface area contributed by atoms with E-state index in [4.69, 9.17) is 27.9 Å². The summed E-state index contributed by atoms with van der Waals surface area (Å²) < 4.78 is 5.39. The van der Waals surface area contributed by atoms with Crippen molar-refractivity contribution in [3.8, 4) is 5.75 Å². The van der Waals surface area contributed by atoms with E-state index in [1.54, 1.807) is 30.3 Å². The van der Waals surface area contributed by atoms with Gasteiger partial charge in [-0.2, -0.15) is 0 Å². The van der Waals surface area contributed by atoms with Gasteiger partial charge >= 0.3 is 0 Å². The van der Waals surface area contributed by atoms with Crippen LogP contribution in [0.15, 0.2) is 48.5 Å². The lowest BCUT2D eigenvalue weighted by Crippen LogP contribution is -2.31. The van der Waals surface area contributed by atoms with E-state index in [9.17, 15) is 4.79 Å². The van der Waals surface area contributed by atoms with Crippen LogP contribution in [-0.2, 0) is 4.79 Å². The summed E-state index contributed by atoms with van der Waals surface area (Å²) >= 11 is 12.0. The lowest BCUT2D eigenvalue weighted by molar-refractivity contribution is -0.123. The number of carbonyl (C=O) groups excluding carboxylic acids is 1. The van der Waals surface area contributed by atoms with Crippen molar-refractivity contribution >= 4 is 29.1 Å². The standard InChI is InChI=1S/C16H15Cl2NO2/c1-11(14-8-7-12(17)9-15(14)18)19-16(20)10-21-13-5-3-2-4-6-13/h2-9,11H,10H2,1H3,(H,19,20)/t11-/m0/s1. The maximum Gasteiger partial charge on any atom is 0.258 e. The summed E-state index contributed by atoms with van der Waals surface area (Å²) in [5.41, 5.74) is 0.814. The molecule has 1 amide bonds. The molecule has 5 heteroatoms. The summed E-state index contributed by atoms with van der Waals surface area (Å²) in [6, 6.07) is 14.2. The van der Waals surface area contributed by atoms with Crippen molar-refractivity contribution in [2.75, 3.05) is 6.61 Å². The molecule has 2 aromatic carbocycles. The third-order valence-corrected chi connectivity index (χ3v) is 3.48. The molecule has 0 aliphatic rings. The summed E-state index contributed by atoms with van der Waals surface area (Å²) in [7, 11) is 0. The number of para-hydroxylation sites is 1. The van der Waals surface area contributed by atoms with Gasteiger partial charge in [-0.15, -0.1) is 0 Å². The molecular formula is C16H15Cl2NO2. The Kier molecular flexibility index (Phi) is 5.48. The summed E-state index contributed by atoms with van der Waals surface area (Å²) in [4.78, 5) is 11.9. The molecule has 2 aromatic rings. The molecule has 0 aliphatic carbocycles. The minimum absolute atomic E-state index is 0.0421. The number of halogens is 2. The Bertz CT molecular complexity index is 617. The van der Waals surface area contributed by atoms with E-state index in [0.717, 1.165) is 5.56 Å². The van der Waals surface area contributed by atoms with Gasteiger partial charge < -0.3 is 10.1 Å². The van der Waals surface area contributed by atoms with Crippen LogP contribution in [0.2, 0.25) is 10.0 Å². The summed E-state index contributed by atoms with van der Waals surface area (Å²) in [6.45, 7) is 1.81. The second-order valence-electron chi connectivity index (χ2n) is 4.56. The van der Waals surface area contributed by atoms with Crippen molar-refractivity contribution in [2.45, 2.75) is 13.0 Å². The summed E-state index contributed by atoms with van der Waals surface area (Å²) in [5, 5.41) is 3.93. The second-order valence-corrected chi connectivity index (χ2v) is 5.40. The quantitative estimate of drug-likeness (QED) is 0.893. The van der Waals surface area contributed by atoms with Crippen LogP contribution in [0.1, 0.15) is 18.5 Å². The van der Waals surface area contributed by atoms with Crippen LogP contribution in [0.4, 0.5) is 0 Å².